The van der Waals surface area contributed by atoms with Crippen molar-refractivity contribution in [3.63, 3.8) is 0 Å². The first-order valence-corrected chi connectivity index (χ1v) is 9.78. The largest absolute Gasteiger partial charge is 0.484 e. The van der Waals surface area contributed by atoms with Crippen molar-refractivity contribution in [2.45, 2.75) is 26.0 Å². The lowest BCUT2D eigenvalue weighted by molar-refractivity contribution is 0.0919. The van der Waals surface area contributed by atoms with Gasteiger partial charge in [0.25, 0.3) is 5.91 Å². The van der Waals surface area contributed by atoms with E-state index in [2.05, 4.69) is 16.4 Å². The van der Waals surface area contributed by atoms with Gasteiger partial charge in [-0.25, -0.2) is 4.98 Å². The maximum atomic E-state index is 12.3. The third-order valence-electron chi connectivity index (χ3n) is 4.68. The minimum Gasteiger partial charge on any atom is -0.484 e. The van der Waals surface area contributed by atoms with Crippen LogP contribution in [0.25, 0.3) is 0 Å². The Bertz CT molecular complexity index is 1050. The number of carbonyl (C=O) groups is 1. The summed E-state index contributed by atoms with van der Waals surface area (Å²) in [5, 5.41) is 11.9. The summed E-state index contributed by atoms with van der Waals surface area (Å²) in [6.45, 7) is 1.17. The molecule has 4 rings (SSSR count). The van der Waals surface area contributed by atoms with E-state index in [9.17, 15) is 4.79 Å². The molecule has 30 heavy (non-hydrogen) atoms. The van der Waals surface area contributed by atoms with Gasteiger partial charge in [0, 0.05) is 18.8 Å². The second kappa shape index (κ2) is 9.14. The topological polar surface area (TPSA) is 97.4 Å². The standard InChI is InChI=1S/C23H21N3O4/c24-11-18-3-1-2-4-20(18)28-15-19-8-9-21(30-19)23(27)26-13-17-7-10-22(25-12-17)29-14-16-5-6-16/h1-4,7-10,12,16H,5-6,13-15H2,(H,26,27). The van der Waals surface area contributed by atoms with Gasteiger partial charge in [-0.1, -0.05) is 18.2 Å². The number of aromatic nitrogens is 1. The van der Waals surface area contributed by atoms with E-state index >= 15 is 0 Å². The highest BCUT2D eigenvalue weighted by atomic mass is 16.5. The van der Waals surface area contributed by atoms with Gasteiger partial charge in [0.05, 0.1) is 12.2 Å². The quantitative estimate of drug-likeness (QED) is 0.583. The molecule has 0 unspecified atom stereocenters. The molecule has 2 heterocycles. The molecular formula is C23H21N3O4. The molecule has 1 aliphatic rings. The molecule has 1 fully saturated rings. The Morgan fingerprint density at radius 3 is 2.80 bits per heavy atom. The van der Waals surface area contributed by atoms with Crippen LogP contribution in [0.4, 0.5) is 0 Å². The van der Waals surface area contributed by atoms with Gasteiger partial charge in [-0.2, -0.15) is 5.26 Å². The predicted molar refractivity (Wildman–Crippen MR) is 108 cm³/mol. The molecule has 1 saturated carbocycles. The van der Waals surface area contributed by atoms with Crippen molar-refractivity contribution in [2.24, 2.45) is 5.92 Å². The van der Waals surface area contributed by atoms with Gasteiger partial charge in [-0.05, 0) is 48.6 Å². The smallest absolute Gasteiger partial charge is 0.287 e. The molecule has 2 aromatic heterocycles. The molecule has 1 aliphatic carbocycles. The minimum atomic E-state index is -0.326. The molecule has 0 aliphatic heterocycles. The fourth-order valence-electron chi connectivity index (χ4n) is 2.77. The van der Waals surface area contributed by atoms with E-state index in [4.69, 9.17) is 19.2 Å². The third kappa shape index (κ3) is 5.17. The molecule has 1 aromatic carbocycles. The van der Waals surface area contributed by atoms with Gasteiger partial charge in [0.15, 0.2) is 5.76 Å². The first kappa shape index (κ1) is 19.5. The number of furan rings is 1. The van der Waals surface area contributed by atoms with E-state index in [1.807, 2.05) is 12.1 Å². The summed E-state index contributed by atoms with van der Waals surface area (Å²) in [5.41, 5.74) is 1.31. The van der Waals surface area contributed by atoms with Crippen molar-refractivity contribution < 1.29 is 18.7 Å². The molecule has 1 amide bonds. The zero-order valence-corrected chi connectivity index (χ0v) is 16.3. The number of para-hydroxylation sites is 1. The molecule has 0 saturated heterocycles. The molecule has 0 atom stereocenters. The first-order valence-electron chi connectivity index (χ1n) is 9.78. The molecular weight excluding hydrogens is 382 g/mol. The summed E-state index contributed by atoms with van der Waals surface area (Å²) in [4.78, 5) is 16.6. The predicted octanol–water partition coefficient (Wildman–Crippen LogP) is 3.84. The Morgan fingerprint density at radius 2 is 2.03 bits per heavy atom. The van der Waals surface area contributed by atoms with Gasteiger partial charge in [-0.3, -0.25) is 4.79 Å². The zero-order chi connectivity index (χ0) is 20.8. The zero-order valence-electron chi connectivity index (χ0n) is 16.3. The Morgan fingerprint density at radius 1 is 1.17 bits per heavy atom. The minimum absolute atomic E-state index is 0.123. The number of nitrogens with zero attached hydrogens (tertiary/aromatic N) is 2. The van der Waals surface area contributed by atoms with E-state index in [1.54, 1.807) is 42.6 Å². The molecule has 0 spiro atoms. The van der Waals surface area contributed by atoms with Gasteiger partial charge in [-0.15, -0.1) is 0 Å². The van der Waals surface area contributed by atoms with Crippen LogP contribution in [0, 0.1) is 17.2 Å². The van der Waals surface area contributed by atoms with Crippen molar-refractivity contribution in [1.82, 2.24) is 10.3 Å². The van der Waals surface area contributed by atoms with Crippen LogP contribution < -0.4 is 14.8 Å². The average molecular weight is 403 g/mol. The van der Waals surface area contributed by atoms with Gasteiger partial charge < -0.3 is 19.2 Å². The summed E-state index contributed by atoms with van der Waals surface area (Å²) in [6.07, 6.45) is 4.16. The Labute approximate surface area is 174 Å². The lowest BCUT2D eigenvalue weighted by Crippen LogP contribution is -2.22. The van der Waals surface area contributed by atoms with E-state index in [-0.39, 0.29) is 18.3 Å². The molecule has 0 radical (unpaired) electrons. The van der Waals surface area contributed by atoms with Crippen molar-refractivity contribution in [3.8, 4) is 17.7 Å². The molecule has 0 bridgehead atoms. The third-order valence-corrected chi connectivity index (χ3v) is 4.68. The van der Waals surface area contributed by atoms with Crippen molar-refractivity contribution in [3.05, 3.63) is 77.4 Å². The number of nitriles is 1. The van der Waals surface area contributed by atoms with Crippen LogP contribution in [-0.4, -0.2) is 17.5 Å². The van der Waals surface area contributed by atoms with Crippen LogP contribution in [0.15, 0.2) is 59.1 Å². The molecule has 7 nitrogen and oxygen atoms in total. The molecule has 152 valence electrons. The summed E-state index contributed by atoms with van der Waals surface area (Å²) < 4.78 is 16.8. The van der Waals surface area contributed by atoms with Crippen LogP contribution in [0.2, 0.25) is 0 Å². The SMILES string of the molecule is N#Cc1ccccc1OCc1ccc(C(=O)NCc2ccc(OCC3CC3)nc2)o1. The highest BCUT2D eigenvalue weighted by Crippen LogP contribution is 2.29. The van der Waals surface area contributed by atoms with Crippen molar-refractivity contribution in [2.75, 3.05) is 6.61 Å². The lowest BCUT2D eigenvalue weighted by atomic mass is 10.2. The molecule has 1 N–H and O–H groups in total. The normalized spacial score (nSPS) is 12.8. The van der Waals surface area contributed by atoms with Crippen molar-refractivity contribution >= 4 is 5.91 Å². The van der Waals surface area contributed by atoms with Crippen molar-refractivity contribution in [1.29, 1.82) is 5.26 Å². The Balaban J connectivity index is 1.26. The monoisotopic (exact) mass is 403 g/mol. The van der Waals surface area contributed by atoms with E-state index in [0.29, 0.717) is 35.4 Å². The second-order valence-corrected chi connectivity index (χ2v) is 7.10. The van der Waals surface area contributed by atoms with Crippen LogP contribution in [0.5, 0.6) is 11.6 Å². The van der Waals surface area contributed by atoms with Crippen LogP contribution in [0.1, 0.15) is 40.3 Å². The number of hydrogen-bond donors (Lipinski definition) is 1. The summed E-state index contributed by atoms with van der Waals surface area (Å²) in [6, 6.07) is 16.0. The highest BCUT2D eigenvalue weighted by Gasteiger charge is 2.22. The fourth-order valence-corrected chi connectivity index (χ4v) is 2.77. The second-order valence-electron chi connectivity index (χ2n) is 7.10. The summed E-state index contributed by atoms with van der Waals surface area (Å²) >= 11 is 0. The van der Waals surface area contributed by atoms with Crippen LogP contribution >= 0.6 is 0 Å². The Kier molecular flexibility index (Phi) is 5.95. The average Bonchev–Trinajstić information content (AvgIpc) is 3.50. The number of carbonyl (C=O) groups excluding carboxylic acids is 1. The summed E-state index contributed by atoms with van der Waals surface area (Å²) in [7, 11) is 0. The number of amides is 1. The van der Waals surface area contributed by atoms with E-state index in [0.717, 1.165) is 12.2 Å². The molecule has 3 aromatic rings. The van der Waals surface area contributed by atoms with Gasteiger partial charge >= 0.3 is 0 Å². The number of benzene rings is 1. The van der Waals surface area contributed by atoms with Crippen LogP contribution in [-0.2, 0) is 13.2 Å². The van der Waals surface area contributed by atoms with Gasteiger partial charge in [0.1, 0.15) is 24.2 Å². The first-order chi connectivity index (χ1) is 14.7. The maximum Gasteiger partial charge on any atom is 0.287 e. The Hall–Kier alpha value is -3.79. The number of nitrogens with one attached hydrogen (secondary N) is 1. The summed E-state index contributed by atoms with van der Waals surface area (Å²) in [5.74, 6) is 2.11. The number of ether oxygens (including phenoxy) is 2. The molecule has 7 heteroatoms. The van der Waals surface area contributed by atoms with E-state index < -0.39 is 0 Å². The fraction of sp³-hybridized carbons (Fsp3) is 0.261. The maximum absolute atomic E-state index is 12.3. The van der Waals surface area contributed by atoms with Gasteiger partial charge in [0.2, 0.25) is 5.88 Å². The number of pyridine rings is 1. The van der Waals surface area contributed by atoms with E-state index in [1.165, 1.54) is 12.8 Å². The lowest BCUT2D eigenvalue weighted by Gasteiger charge is -2.07. The van der Waals surface area contributed by atoms with Crippen LogP contribution in [0.3, 0.4) is 0 Å². The number of rotatable bonds is 9. The number of hydrogen-bond acceptors (Lipinski definition) is 6. The highest BCUT2D eigenvalue weighted by molar-refractivity contribution is 5.91.